The number of aromatic nitrogens is 2. The number of nitrogens with two attached hydrogens (primary N) is 1. The normalized spacial score (nSPS) is 16.2. The molecule has 1 unspecified atom stereocenters. The monoisotopic (exact) mass is 266 g/mol. The zero-order valence-electron chi connectivity index (χ0n) is 11.8. The first-order valence-electron chi connectivity index (χ1n) is 6.75. The molecule has 0 saturated heterocycles. The van der Waals surface area contributed by atoms with Crippen molar-refractivity contribution >= 4 is 5.82 Å². The minimum Gasteiger partial charge on any atom is -0.472 e. The lowest BCUT2D eigenvalue weighted by molar-refractivity contribution is 0.0628. The summed E-state index contributed by atoms with van der Waals surface area (Å²) in [7, 11) is 0. The molecule has 106 valence electrons. The first-order chi connectivity index (χ1) is 9.15. The molecule has 0 radical (unpaired) electrons. The maximum Gasteiger partial charge on any atom is 0.222 e. The SMILES string of the molecule is CCOCC(C)Oc1nc(C2CC2)nc(NN)c1C. The van der Waals surface area contributed by atoms with Crippen molar-refractivity contribution in [1.29, 1.82) is 0 Å². The van der Waals surface area contributed by atoms with E-state index in [2.05, 4.69) is 15.4 Å². The van der Waals surface area contributed by atoms with Crippen molar-refractivity contribution in [1.82, 2.24) is 9.97 Å². The number of hydrogen-bond acceptors (Lipinski definition) is 6. The second-order valence-corrected chi connectivity index (χ2v) is 4.87. The minimum atomic E-state index is -0.0498. The molecule has 1 saturated carbocycles. The molecule has 0 aromatic carbocycles. The van der Waals surface area contributed by atoms with E-state index in [1.165, 1.54) is 0 Å². The molecular weight excluding hydrogens is 244 g/mol. The highest BCUT2D eigenvalue weighted by molar-refractivity contribution is 5.48. The minimum absolute atomic E-state index is 0.0498. The van der Waals surface area contributed by atoms with Crippen LogP contribution in [0.1, 0.15) is 44.0 Å². The van der Waals surface area contributed by atoms with Crippen LogP contribution in [0.5, 0.6) is 5.88 Å². The number of nitrogens with zero attached hydrogens (tertiary/aromatic N) is 2. The molecule has 0 aliphatic heterocycles. The van der Waals surface area contributed by atoms with Gasteiger partial charge in [0.1, 0.15) is 17.7 Å². The summed E-state index contributed by atoms with van der Waals surface area (Å²) in [5.74, 6) is 8.00. The number of ether oxygens (including phenoxy) is 2. The zero-order valence-corrected chi connectivity index (χ0v) is 11.8. The van der Waals surface area contributed by atoms with E-state index in [0.29, 0.717) is 30.8 Å². The lowest BCUT2D eigenvalue weighted by Gasteiger charge is -2.17. The second-order valence-electron chi connectivity index (χ2n) is 4.87. The number of nitrogen functional groups attached to an aromatic ring is 1. The van der Waals surface area contributed by atoms with Crippen molar-refractivity contribution in [3.8, 4) is 5.88 Å². The lowest BCUT2D eigenvalue weighted by Crippen LogP contribution is -2.21. The summed E-state index contributed by atoms with van der Waals surface area (Å²) >= 11 is 0. The van der Waals surface area contributed by atoms with Gasteiger partial charge in [0.2, 0.25) is 5.88 Å². The number of hydrazine groups is 1. The van der Waals surface area contributed by atoms with Crippen molar-refractivity contribution in [3.05, 3.63) is 11.4 Å². The van der Waals surface area contributed by atoms with E-state index in [-0.39, 0.29) is 6.10 Å². The number of rotatable bonds is 7. The average Bonchev–Trinajstić information content (AvgIpc) is 3.23. The Bertz CT molecular complexity index is 435. The van der Waals surface area contributed by atoms with Crippen LogP contribution in [-0.4, -0.2) is 29.3 Å². The Balaban J connectivity index is 2.15. The van der Waals surface area contributed by atoms with Crippen LogP contribution in [0.3, 0.4) is 0 Å². The fourth-order valence-corrected chi connectivity index (χ4v) is 1.80. The predicted octanol–water partition coefficient (Wildman–Crippen LogP) is 1.75. The van der Waals surface area contributed by atoms with Gasteiger partial charge in [-0.3, -0.25) is 0 Å². The molecule has 1 aromatic heterocycles. The molecule has 2 rings (SSSR count). The van der Waals surface area contributed by atoms with Gasteiger partial charge >= 0.3 is 0 Å². The molecule has 0 amide bonds. The lowest BCUT2D eigenvalue weighted by atomic mass is 10.3. The highest BCUT2D eigenvalue weighted by Gasteiger charge is 2.28. The fraction of sp³-hybridized carbons (Fsp3) is 0.692. The Hall–Kier alpha value is -1.40. The van der Waals surface area contributed by atoms with Gasteiger partial charge in [-0.05, 0) is 33.6 Å². The van der Waals surface area contributed by atoms with Gasteiger partial charge in [0.15, 0.2) is 0 Å². The number of nitrogens with one attached hydrogen (secondary N) is 1. The fourth-order valence-electron chi connectivity index (χ4n) is 1.80. The quantitative estimate of drug-likeness (QED) is 0.578. The molecule has 1 fully saturated rings. The number of hydrogen-bond donors (Lipinski definition) is 2. The molecule has 1 aromatic rings. The van der Waals surface area contributed by atoms with Crippen LogP contribution >= 0.6 is 0 Å². The Kier molecular flexibility index (Phi) is 4.55. The van der Waals surface area contributed by atoms with E-state index in [1.807, 2.05) is 20.8 Å². The van der Waals surface area contributed by atoms with Crippen LogP contribution < -0.4 is 16.0 Å². The Morgan fingerprint density at radius 2 is 2.16 bits per heavy atom. The van der Waals surface area contributed by atoms with Gasteiger partial charge in [0, 0.05) is 12.5 Å². The molecule has 19 heavy (non-hydrogen) atoms. The van der Waals surface area contributed by atoms with Crippen LogP contribution in [0, 0.1) is 6.92 Å². The summed E-state index contributed by atoms with van der Waals surface area (Å²) in [6, 6.07) is 0. The van der Waals surface area contributed by atoms with Gasteiger partial charge in [0.25, 0.3) is 0 Å². The highest BCUT2D eigenvalue weighted by atomic mass is 16.5. The Morgan fingerprint density at radius 3 is 2.74 bits per heavy atom. The topological polar surface area (TPSA) is 82.3 Å². The average molecular weight is 266 g/mol. The Morgan fingerprint density at radius 1 is 1.42 bits per heavy atom. The van der Waals surface area contributed by atoms with Crippen molar-refractivity contribution in [2.75, 3.05) is 18.6 Å². The zero-order chi connectivity index (χ0) is 13.8. The first-order valence-corrected chi connectivity index (χ1v) is 6.75. The molecule has 6 nitrogen and oxygen atoms in total. The van der Waals surface area contributed by atoms with E-state index >= 15 is 0 Å². The standard InChI is InChI=1S/C13H22N4O2/c1-4-18-7-8(2)19-13-9(3)11(17-14)15-12(16-13)10-5-6-10/h8,10H,4-7,14H2,1-3H3,(H,15,16,17). The van der Waals surface area contributed by atoms with E-state index in [0.717, 1.165) is 24.2 Å². The maximum absolute atomic E-state index is 5.84. The van der Waals surface area contributed by atoms with Crippen molar-refractivity contribution < 1.29 is 9.47 Å². The van der Waals surface area contributed by atoms with Crippen LogP contribution in [0.25, 0.3) is 0 Å². The third-order valence-electron chi connectivity index (χ3n) is 3.07. The maximum atomic E-state index is 5.84. The summed E-state index contributed by atoms with van der Waals surface area (Å²) in [5.41, 5.74) is 3.44. The van der Waals surface area contributed by atoms with Crippen molar-refractivity contribution in [2.24, 2.45) is 5.84 Å². The molecule has 0 spiro atoms. The molecular formula is C13H22N4O2. The summed E-state index contributed by atoms with van der Waals surface area (Å²) in [4.78, 5) is 8.93. The van der Waals surface area contributed by atoms with Crippen LogP contribution in [0.2, 0.25) is 0 Å². The summed E-state index contributed by atoms with van der Waals surface area (Å²) in [5, 5.41) is 0. The van der Waals surface area contributed by atoms with E-state index in [1.54, 1.807) is 0 Å². The van der Waals surface area contributed by atoms with Gasteiger partial charge in [-0.1, -0.05) is 0 Å². The van der Waals surface area contributed by atoms with Gasteiger partial charge < -0.3 is 14.9 Å². The van der Waals surface area contributed by atoms with Crippen LogP contribution in [-0.2, 0) is 4.74 Å². The highest BCUT2D eigenvalue weighted by Crippen LogP contribution is 2.39. The molecule has 6 heteroatoms. The smallest absolute Gasteiger partial charge is 0.222 e. The number of anilines is 1. The van der Waals surface area contributed by atoms with Gasteiger partial charge in [0.05, 0.1) is 12.2 Å². The van der Waals surface area contributed by atoms with Gasteiger partial charge in [-0.15, -0.1) is 0 Å². The predicted molar refractivity (Wildman–Crippen MR) is 73.1 cm³/mol. The van der Waals surface area contributed by atoms with Crippen LogP contribution in [0.15, 0.2) is 0 Å². The largest absolute Gasteiger partial charge is 0.472 e. The van der Waals surface area contributed by atoms with E-state index in [4.69, 9.17) is 15.3 Å². The van der Waals surface area contributed by atoms with Crippen molar-refractivity contribution in [2.45, 2.75) is 45.6 Å². The molecule has 0 bridgehead atoms. The van der Waals surface area contributed by atoms with Crippen molar-refractivity contribution in [3.63, 3.8) is 0 Å². The first kappa shape index (κ1) is 14.0. The summed E-state index contributed by atoms with van der Waals surface area (Å²) in [6.07, 6.45) is 2.23. The van der Waals surface area contributed by atoms with Gasteiger partial charge in [-0.2, -0.15) is 4.98 Å². The second kappa shape index (κ2) is 6.16. The van der Waals surface area contributed by atoms with Crippen LogP contribution in [0.4, 0.5) is 5.82 Å². The van der Waals surface area contributed by atoms with Gasteiger partial charge in [-0.25, -0.2) is 10.8 Å². The molecule has 3 N–H and O–H groups in total. The third-order valence-corrected chi connectivity index (χ3v) is 3.07. The third kappa shape index (κ3) is 3.54. The summed E-state index contributed by atoms with van der Waals surface area (Å²) < 4.78 is 11.2. The molecule has 1 aliphatic rings. The molecule has 1 heterocycles. The Labute approximate surface area is 113 Å². The summed E-state index contributed by atoms with van der Waals surface area (Å²) in [6.45, 7) is 7.05. The van der Waals surface area contributed by atoms with E-state index in [9.17, 15) is 0 Å². The van der Waals surface area contributed by atoms with E-state index < -0.39 is 0 Å². The molecule has 1 atom stereocenters. The molecule has 1 aliphatic carbocycles.